The van der Waals surface area contributed by atoms with Gasteiger partial charge in [0.25, 0.3) is 0 Å². The first-order chi connectivity index (χ1) is 10.6. The van der Waals surface area contributed by atoms with Crippen LogP contribution in [0.1, 0.15) is 17.3 Å². The smallest absolute Gasteiger partial charge is 0.338 e. The van der Waals surface area contributed by atoms with E-state index in [4.69, 9.17) is 9.15 Å². The number of nitrogens with zero attached hydrogens (tertiary/aromatic N) is 1. The summed E-state index contributed by atoms with van der Waals surface area (Å²) in [7, 11) is 0. The summed E-state index contributed by atoms with van der Waals surface area (Å²) < 4.78 is 10.5. The molecular weight excluding hydrogens is 286 g/mol. The number of aromatic nitrogens is 1. The first kappa shape index (κ1) is 13.9. The second kappa shape index (κ2) is 5.40. The molecular formula is C16H13NO5. The van der Waals surface area contributed by atoms with Gasteiger partial charge in [0.2, 0.25) is 5.89 Å². The summed E-state index contributed by atoms with van der Waals surface area (Å²) >= 11 is 0. The lowest BCUT2D eigenvalue weighted by atomic mass is 10.2. The van der Waals surface area contributed by atoms with Crippen molar-refractivity contribution in [1.82, 2.24) is 4.98 Å². The molecule has 0 unspecified atom stereocenters. The number of ether oxygens (including phenoxy) is 1. The van der Waals surface area contributed by atoms with Crippen LogP contribution in [0.25, 0.3) is 22.6 Å². The highest BCUT2D eigenvalue weighted by atomic mass is 16.5. The molecule has 0 saturated carbocycles. The number of phenolic OH excluding ortho intramolecular Hbond substituents is 2. The number of carbonyl (C=O) groups excluding carboxylic acids is 1. The lowest BCUT2D eigenvalue weighted by Crippen LogP contribution is -2.03. The van der Waals surface area contributed by atoms with Gasteiger partial charge in [-0.2, -0.15) is 0 Å². The summed E-state index contributed by atoms with van der Waals surface area (Å²) in [6.07, 6.45) is 0. The van der Waals surface area contributed by atoms with Gasteiger partial charge < -0.3 is 19.4 Å². The van der Waals surface area contributed by atoms with Crippen molar-refractivity contribution in [2.24, 2.45) is 0 Å². The molecule has 2 N–H and O–H groups in total. The van der Waals surface area contributed by atoms with Crippen molar-refractivity contribution in [3.05, 3.63) is 42.0 Å². The Morgan fingerprint density at radius 1 is 1.18 bits per heavy atom. The van der Waals surface area contributed by atoms with Crippen LogP contribution in [0.4, 0.5) is 0 Å². The van der Waals surface area contributed by atoms with Gasteiger partial charge in [-0.05, 0) is 43.3 Å². The maximum Gasteiger partial charge on any atom is 0.338 e. The Labute approximate surface area is 125 Å². The molecule has 0 bridgehead atoms. The van der Waals surface area contributed by atoms with Crippen molar-refractivity contribution in [3.8, 4) is 23.0 Å². The van der Waals surface area contributed by atoms with Crippen LogP contribution < -0.4 is 0 Å². The number of fused-ring (bicyclic) bond motifs is 1. The third-order valence-electron chi connectivity index (χ3n) is 3.12. The van der Waals surface area contributed by atoms with E-state index in [9.17, 15) is 15.0 Å². The summed E-state index contributed by atoms with van der Waals surface area (Å²) in [5.41, 5.74) is 1.93. The minimum atomic E-state index is -0.420. The fourth-order valence-electron chi connectivity index (χ4n) is 2.05. The van der Waals surface area contributed by atoms with E-state index in [2.05, 4.69) is 4.98 Å². The standard InChI is InChI=1S/C16H13NO5/c1-2-21-16(20)10-4-6-14-11(7-10)17-15(22-14)9-3-5-12(18)13(19)8-9/h3-8,18-19H,2H2,1H3. The maximum absolute atomic E-state index is 11.7. The van der Waals surface area contributed by atoms with Crippen LogP contribution in [0.5, 0.6) is 11.5 Å². The molecule has 3 rings (SSSR count). The highest BCUT2D eigenvalue weighted by Gasteiger charge is 2.13. The summed E-state index contributed by atoms with van der Waals surface area (Å²) in [5.74, 6) is -0.612. The molecule has 0 aliphatic heterocycles. The first-order valence-electron chi connectivity index (χ1n) is 6.68. The predicted molar refractivity (Wildman–Crippen MR) is 78.7 cm³/mol. The molecule has 6 heteroatoms. The van der Waals surface area contributed by atoms with Crippen LogP contribution in [0.2, 0.25) is 0 Å². The number of hydrogen-bond donors (Lipinski definition) is 2. The second-order valence-corrected chi connectivity index (χ2v) is 4.63. The third-order valence-corrected chi connectivity index (χ3v) is 3.12. The van der Waals surface area contributed by atoms with Gasteiger partial charge in [-0.25, -0.2) is 9.78 Å². The zero-order valence-electron chi connectivity index (χ0n) is 11.7. The number of rotatable bonds is 3. The quantitative estimate of drug-likeness (QED) is 0.570. The second-order valence-electron chi connectivity index (χ2n) is 4.63. The van der Waals surface area contributed by atoms with Crippen molar-refractivity contribution in [2.45, 2.75) is 6.92 Å². The number of esters is 1. The number of oxazole rings is 1. The average Bonchev–Trinajstić information content (AvgIpc) is 2.93. The Bertz CT molecular complexity index is 853. The molecule has 22 heavy (non-hydrogen) atoms. The van der Waals surface area contributed by atoms with Crippen molar-refractivity contribution < 1.29 is 24.2 Å². The minimum absolute atomic E-state index is 0.218. The van der Waals surface area contributed by atoms with E-state index >= 15 is 0 Å². The Balaban J connectivity index is 2.02. The van der Waals surface area contributed by atoms with E-state index in [1.807, 2.05) is 0 Å². The fraction of sp³-hybridized carbons (Fsp3) is 0.125. The van der Waals surface area contributed by atoms with E-state index in [1.165, 1.54) is 12.1 Å². The van der Waals surface area contributed by atoms with E-state index in [-0.39, 0.29) is 17.4 Å². The van der Waals surface area contributed by atoms with Crippen LogP contribution >= 0.6 is 0 Å². The molecule has 1 aromatic heterocycles. The number of hydrogen-bond acceptors (Lipinski definition) is 6. The van der Waals surface area contributed by atoms with Crippen LogP contribution in [0.15, 0.2) is 40.8 Å². The lowest BCUT2D eigenvalue weighted by Gasteiger charge is -2.00. The molecule has 0 aliphatic carbocycles. The van der Waals surface area contributed by atoms with Gasteiger partial charge in [0.15, 0.2) is 17.1 Å². The summed E-state index contributed by atoms with van der Waals surface area (Å²) in [6, 6.07) is 9.10. The molecule has 0 amide bonds. The van der Waals surface area contributed by atoms with E-state index in [0.717, 1.165) is 0 Å². The molecule has 3 aromatic rings. The largest absolute Gasteiger partial charge is 0.504 e. The van der Waals surface area contributed by atoms with E-state index in [0.29, 0.717) is 28.8 Å². The molecule has 1 heterocycles. The Morgan fingerprint density at radius 2 is 2.00 bits per heavy atom. The summed E-state index contributed by atoms with van der Waals surface area (Å²) in [6.45, 7) is 2.04. The van der Waals surface area contributed by atoms with Gasteiger partial charge in [0.05, 0.1) is 12.2 Å². The van der Waals surface area contributed by atoms with Crippen LogP contribution in [-0.4, -0.2) is 27.8 Å². The number of phenols is 2. The number of benzene rings is 2. The molecule has 2 aromatic carbocycles. The van der Waals surface area contributed by atoms with E-state index in [1.54, 1.807) is 31.2 Å². The van der Waals surface area contributed by atoms with E-state index < -0.39 is 5.97 Å². The molecule has 0 radical (unpaired) electrons. The van der Waals surface area contributed by atoms with Crippen molar-refractivity contribution >= 4 is 17.1 Å². The number of aromatic hydroxyl groups is 2. The van der Waals surface area contributed by atoms with Gasteiger partial charge in [-0.3, -0.25) is 0 Å². The molecule has 0 aliphatic rings. The highest BCUT2D eigenvalue weighted by molar-refractivity contribution is 5.93. The van der Waals surface area contributed by atoms with Gasteiger partial charge in [-0.15, -0.1) is 0 Å². The molecule has 112 valence electrons. The topological polar surface area (TPSA) is 92.8 Å². The van der Waals surface area contributed by atoms with Crippen LogP contribution in [0.3, 0.4) is 0 Å². The predicted octanol–water partition coefficient (Wildman–Crippen LogP) is 3.08. The Hall–Kier alpha value is -3.02. The summed E-state index contributed by atoms with van der Waals surface area (Å²) in [5, 5.41) is 18.9. The van der Waals surface area contributed by atoms with Gasteiger partial charge >= 0.3 is 5.97 Å². The third kappa shape index (κ3) is 2.46. The molecule has 0 atom stereocenters. The Kier molecular flexibility index (Phi) is 3.42. The SMILES string of the molecule is CCOC(=O)c1ccc2oc(-c3ccc(O)c(O)c3)nc2c1. The zero-order chi connectivity index (χ0) is 15.7. The normalized spacial score (nSPS) is 10.8. The van der Waals surface area contributed by atoms with Gasteiger partial charge in [0.1, 0.15) is 5.52 Å². The van der Waals surface area contributed by atoms with Crippen molar-refractivity contribution in [1.29, 1.82) is 0 Å². The van der Waals surface area contributed by atoms with Crippen molar-refractivity contribution in [2.75, 3.05) is 6.61 Å². The Morgan fingerprint density at radius 3 is 2.73 bits per heavy atom. The fourth-order valence-corrected chi connectivity index (χ4v) is 2.05. The number of carbonyl (C=O) groups is 1. The molecule has 0 fully saturated rings. The van der Waals surface area contributed by atoms with Crippen LogP contribution in [0, 0.1) is 0 Å². The maximum atomic E-state index is 11.7. The summed E-state index contributed by atoms with van der Waals surface area (Å²) in [4.78, 5) is 16.0. The van der Waals surface area contributed by atoms with Crippen LogP contribution in [-0.2, 0) is 4.74 Å². The average molecular weight is 299 g/mol. The lowest BCUT2D eigenvalue weighted by molar-refractivity contribution is 0.0526. The molecule has 0 spiro atoms. The molecule has 6 nitrogen and oxygen atoms in total. The van der Waals surface area contributed by atoms with Crippen molar-refractivity contribution in [3.63, 3.8) is 0 Å². The monoisotopic (exact) mass is 299 g/mol. The minimum Gasteiger partial charge on any atom is -0.504 e. The van der Waals surface area contributed by atoms with Gasteiger partial charge in [0, 0.05) is 5.56 Å². The van der Waals surface area contributed by atoms with Gasteiger partial charge in [-0.1, -0.05) is 0 Å². The zero-order valence-corrected chi connectivity index (χ0v) is 11.7. The first-order valence-corrected chi connectivity index (χ1v) is 6.68. The highest BCUT2D eigenvalue weighted by Crippen LogP contribution is 2.31. The molecule has 0 saturated heterocycles.